The normalized spacial score (nSPS) is 18.6. The monoisotopic (exact) mass is 606 g/mol. The smallest absolute Gasteiger partial charge is 0.264 e. The number of likely N-dealkylation sites (N-methyl/N-ethyl adjacent to an activating group) is 1. The fraction of sp³-hybridized carbons (Fsp3) is 0.394. The highest BCUT2D eigenvalue weighted by molar-refractivity contribution is 5.99. The molecule has 232 valence electrons. The molecule has 3 aromatic heterocycles. The lowest BCUT2D eigenvalue weighted by Gasteiger charge is -2.42. The maximum absolute atomic E-state index is 13.7. The number of nitrogens with two attached hydrogens (primary N) is 1. The van der Waals surface area contributed by atoms with Gasteiger partial charge in [0.15, 0.2) is 5.65 Å². The molecule has 6 rings (SSSR count). The number of likely N-dealkylation sites (tertiary alicyclic amines) is 1. The second kappa shape index (κ2) is 12.6. The number of para-hydroxylation sites is 1. The Labute approximate surface area is 262 Å². The minimum Gasteiger partial charge on any atom is -0.439 e. The maximum Gasteiger partial charge on any atom is 0.264 e. The zero-order valence-corrected chi connectivity index (χ0v) is 25.9. The third-order valence-corrected chi connectivity index (χ3v) is 8.69. The third-order valence-electron chi connectivity index (χ3n) is 8.69. The summed E-state index contributed by atoms with van der Waals surface area (Å²) in [6.07, 6.45) is 6.51. The van der Waals surface area contributed by atoms with Crippen LogP contribution in [0.5, 0.6) is 11.6 Å². The van der Waals surface area contributed by atoms with E-state index in [9.17, 15) is 10.1 Å². The first-order chi connectivity index (χ1) is 21.7. The molecule has 0 bridgehead atoms. The van der Waals surface area contributed by atoms with Crippen molar-refractivity contribution in [3.8, 4) is 29.0 Å². The van der Waals surface area contributed by atoms with Crippen LogP contribution in [0, 0.1) is 11.3 Å². The quantitative estimate of drug-likeness (QED) is 0.243. The van der Waals surface area contributed by atoms with Gasteiger partial charge in [-0.2, -0.15) is 10.4 Å². The molecule has 1 aromatic carbocycles. The number of rotatable bonds is 7. The topological polar surface area (TPSA) is 142 Å². The van der Waals surface area contributed by atoms with Crippen LogP contribution in [0.1, 0.15) is 32.7 Å². The average molecular weight is 607 g/mol. The highest BCUT2D eigenvalue weighted by Gasteiger charge is 2.33. The van der Waals surface area contributed by atoms with Crippen LogP contribution in [0.4, 0.5) is 5.82 Å². The van der Waals surface area contributed by atoms with Crippen molar-refractivity contribution < 1.29 is 9.53 Å². The molecule has 45 heavy (non-hydrogen) atoms. The summed E-state index contributed by atoms with van der Waals surface area (Å²) in [4.78, 5) is 33.4. The molecule has 4 aromatic rings. The Balaban J connectivity index is 1.25. The molecule has 1 amide bonds. The minimum atomic E-state index is -0.422. The number of anilines is 1. The van der Waals surface area contributed by atoms with Crippen molar-refractivity contribution in [1.82, 2.24) is 39.4 Å². The van der Waals surface area contributed by atoms with Gasteiger partial charge in [0, 0.05) is 62.6 Å². The van der Waals surface area contributed by atoms with Crippen LogP contribution >= 0.6 is 0 Å². The minimum absolute atomic E-state index is 0.160. The van der Waals surface area contributed by atoms with Crippen LogP contribution in [0.25, 0.3) is 22.3 Å². The van der Waals surface area contributed by atoms with Gasteiger partial charge in [0.25, 0.3) is 5.91 Å². The van der Waals surface area contributed by atoms with Crippen LogP contribution < -0.4 is 10.5 Å². The molecule has 2 aliphatic rings. The molecule has 2 fully saturated rings. The number of nitrogens with zero attached hydrogens (tertiary/aromatic N) is 9. The van der Waals surface area contributed by atoms with Crippen LogP contribution in [-0.2, 0) is 4.79 Å². The largest absolute Gasteiger partial charge is 0.439 e. The van der Waals surface area contributed by atoms with Gasteiger partial charge >= 0.3 is 0 Å². The molecule has 0 unspecified atom stereocenters. The van der Waals surface area contributed by atoms with Gasteiger partial charge in [0.05, 0.1) is 11.4 Å². The molecule has 0 aliphatic carbocycles. The van der Waals surface area contributed by atoms with Gasteiger partial charge < -0.3 is 20.3 Å². The number of benzene rings is 1. The van der Waals surface area contributed by atoms with Crippen LogP contribution in [0.3, 0.4) is 0 Å². The molecule has 2 aliphatic heterocycles. The number of pyridine rings is 1. The lowest BCUT2D eigenvalue weighted by molar-refractivity contribution is -0.128. The first kappa shape index (κ1) is 30.2. The van der Waals surface area contributed by atoms with E-state index >= 15 is 0 Å². The van der Waals surface area contributed by atoms with Gasteiger partial charge in [-0.3, -0.25) is 9.69 Å². The van der Waals surface area contributed by atoms with Crippen molar-refractivity contribution in [3.05, 3.63) is 66.6 Å². The molecule has 12 heteroatoms. The summed E-state index contributed by atoms with van der Waals surface area (Å²) in [6, 6.07) is 15.2. The van der Waals surface area contributed by atoms with Gasteiger partial charge in [-0.05, 0) is 58.0 Å². The van der Waals surface area contributed by atoms with E-state index in [0.29, 0.717) is 47.3 Å². The molecule has 2 N–H and O–H groups in total. The van der Waals surface area contributed by atoms with E-state index in [-0.39, 0.29) is 17.5 Å². The van der Waals surface area contributed by atoms with E-state index in [0.717, 1.165) is 44.6 Å². The van der Waals surface area contributed by atoms with Crippen LogP contribution in [-0.4, -0.2) is 97.2 Å². The highest BCUT2D eigenvalue weighted by Crippen LogP contribution is 2.34. The van der Waals surface area contributed by atoms with Gasteiger partial charge in [-0.25, -0.2) is 19.6 Å². The van der Waals surface area contributed by atoms with E-state index in [1.54, 1.807) is 17.2 Å². The Morgan fingerprint density at radius 1 is 1.07 bits per heavy atom. The van der Waals surface area contributed by atoms with Crippen molar-refractivity contribution >= 4 is 22.8 Å². The molecule has 0 saturated carbocycles. The number of fused-ring (bicyclic) bond motifs is 1. The summed E-state index contributed by atoms with van der Waals surface area (Å²) >= 11 is 0. The number of piperidine rings is 1. The summed E-state index contributed by atoms with van der Waals surface area (Å²) in [5, 5.41) is 15.7. The average Bonchev–Trinajstić information content (AvgIpc) is 3.45. The molecular weight excluding hydrogens is 568 g/mol. The van der Waals surface area contributed by atoms with E-state index < -0.39 is 5.54 Å². The standard InChI is InChI=1S/C33H38N10O2/c1-33(2,42-16-14-40(3)15-17-42)18-24(19-34)32(44)41-13-7-8-25(21-41)43-31-28(30(35)37-22-38-31)29(39-43)23-11-12-27(36-20-23)45-26-9-5-4-6-10-26/h4-6,9-12,18,20,22,25H,7-8,13-17,21H2,1-3H3,(H2,35,37,38)/t25-/m1/s1. The third kappa shape index (κ3) is 6.36. The number of piperazine rings is 1. The van der Waals surface area contributed by atoms with E-state index in [1.165, 1.54) is 6.33 Å². The van der Waals surface area contributed by atoms with Crippen LogP contribution in [0.2, 0.25) is 0 Å². The van der Waals surface area contributed by atoms with Crippen molar-refractivity contribution in [3.63, 3.8) is 0 Å². The van der Waals surface area contributed by atoms with Gasteiger partial charge in [0.1, 0.15) is 35.2 Å². The second-order valence-electron chi connectivity index (χ2n) is 12.2. The van der Waals surface area contributed by atoms with Crippen LogP contribution in [0.15, 0.2) is 66.6 Å². The van der Waals surface area contributed by atoms with Crippen molar-refractivity contribution in [2.75, 3.05) is 52.0 Å². The molecular formula is C33H38N10O2. The SMILES string of the molecule is CN1CCN(C(C)(C)C=C(C#N)C(=O)N2CCC[C@@H](n3nc(-c4ccc(Oc5ccccc5)nc4)c4c(N)ncnc43)C2)CC1. The summed E-state index contributed by atoms with van der Waals surface area (Å²) < 4.78 is 7.70. The predicted octanol–water partition coefficient (Wildman–Crippen LogP) is 3.90. The maximum atomic E-state index is 13.7. The molecule has 0 spiro atoms. The number of nitriles is 1. The molecule has 12 nitrogen and oxygen atoms in total. The number of hydrogen-bond acceptors (Lipinski definition) is 10. The van der Waals surface area contributed by atoms with Gasteiger partial charge in [-0.1, -0.05) is 18.2 Å². The van der Waals surface area contributed by atoms with Crippen molar-refractivity contribution in [1.29, 1.82) is 5.26 Å². The lowest BCUT2D eigenvalue weighted by Crippen LogP contribution is -2.53. The summed E-state index contributed by atoms with van der Waals surface area (Å²) in [7, 11) is 2.11. The van der Waals surface area contributed by atoms with Crippen molar-refractivity contribution in [2.45, 2.75) is 38.3 Å². The second-order valence-corrected chi connectivity index (χ2v) is 12.2. The first-order valence-corrected chi connectivity index (χ1v) is 15.3. The van der Waals surface area contributed by atoms with E-state index in [1.807, 2.05) is 47.2 Å². The summed E-state index contributed by atoms with van der Waals surface area (Å²) in [6.45, 7) is 8.78. The number of carbonyl (C=O) groups is 1. The van der Waals surface area contributed by atoms with E-state index in [4.69, 9.17) is 15.6 Å². The number of amides is 1. The lowest BCUT2D eigenvalue weighted by atomic mass is 9.96. The van der Waals surface area contributed by atoms with Gasteiger partial charge in [-0.15, -0.1) is 0 Å². The molecule has 5 heterocycles. The number of aromatic nitrogens is 5. The highest BCUT2D eigenvalue weighted by atomic mass is 16.5. The Hall–Kier alpha value is -4.86. The first-order valence-electron chi connectivity index (χ1n) is 15.3. The number of hydrogen-bond donors (Lipinski definition) is 1. The van der Waals surface area contributed by atoms with Gasteiger partial charge in [0.2, 0.25) is 5.88 Å². The molecule has 2 saturated heterocycles. The zero-order valence-electron chi connectivity index (χ0n) is 25.9. The predicted molar refractivity (Wildman–Crippen MR) is 171 cm³/mol. The zero-order chi connectivity index (χ0) is 31.6. The summed E-state index contributed by atoms with van der Waals surface area (Å²) in [5.74, 6) is 1.21. The molecule has 0 radical (unpaired) electrons. The fourth-order valence-corrected chi connectivity index (χ4v) is 6.12. The summed E-state index contributed by atoms with van der Waals surface area (Å²) in [5.41, 5.74) is 8.05. The Morgan fingerprint density at radius 2 is 1.84 bits per heavy atom. The Morgan fingerprint density at radius 3 is 2.56 bits per heavy atom. The van der Waals surface area contributed by atoms with E-state index in [2.05, 4.69) is 51.7 Å². The van der Waals surface area contributed by atoms with Crippen molar-refractivity contribution in [2.24, 2.45) is 0 Å². The Bertz CT molecular complexity index is 1740. The number of ether oxygens (including phenoxy) is 1. The Kier molecular flexibility index (Phi) is 8.47. The number of carbonyl (C=O) groups excluding carboxylic acids is 1. The molecule has 1 atom stereocenters. The fourth-order valence-electron chi connectivity index (χ4n) is 6.12. The number of nitrogen functional groups attached to an aromatic ring is 1.